The fourth-order valence-electron chi connectivity index (χ4n) is 1.77. The predicted octanol–water partition coefficient (Wildman–Crippen LogP) is 2.67. The number of benzene rings is 1. The molecule has 6 heteroatoms. The zero-order chi connectivity index (χ0) is 13.2. The van der Waals surface area contributed by atoms with Gasteiger partial charge in [0.2, 0.25) is 0 Å². The van der Waals surface area contributed by atoms with Gasteiger partial charge in [-0.2, -0.15) is 0 Å². The van der Waals surface area contributed by atoms with Gasteiger partial charge in [-0.25, -0.2) is 4.98 Å². The topological polar surface area (TPSA) is 74.2 Å². The fourth-order valence-corrected chi connectivity index (χ4v) is 2.54. The lowest BCUT2D eigenvalue weighted by Gasteiger charge is -2.08. The number of nitrogens with two attached hydrogens (primary N) is 1. The second kappa shape index (κ2) is 4.99. The van der Waals surface area contributed by atoms with Gasteiger partial charge in [-0.1, -0.05) is 12.1 Å². The molecule has 19 heavy (non-hydrogen) atoms. The Morgan fingerprint density at radius 2 is 2.26 bits per heavy atom. The van der Waals surface area contributed by atoms with Crippen molar-refractivity contribution in [1.82, 2.24) is 10.1 Å². The molecule has 2 aromatic heterocycles. The van der Waals surface area contributed by atoms with Crippen molar-refractivity contribution in [2.45, 2.75) is 13.0 Å². The van der Waals surface area contributed by atoms with Gasteiger partial charge in [0.25, 0.3) is 5.88 Å². The predicted molar refractivity (Wildman–Crippen MR) is 73.3 cm³/mol. The molecule has 0 bridgehead atoms. The lowest BCUT2D eigenvalue weighted by atomic mass is 10.2. The number of fused-ring (bicyclic) bond motifs is 1. The van der Waals surface area contributed by atoms with Crippen LogP contribution in [0.15, 0.2) is 35.0 Å². The molecule has 1 unspecified atom stereocenters. The van der Waals surface area contributed by atoms with Crippen molar-refractivity contribution in [2.75, 3.05) is 6.61 Å². The Bertz CT molecular complexity index is 692. The van der Waals surface area contributed by atoms with Crippen molar-refractivity contribution < 1.29 is 9.26 Å². The number of thiazole rings is 1. The number of para-hydroxylation sites is 1. The van der Waals surface area contributed by atoms with Crippen LogP contribution in [0.5, 0.6) is 5.88 Å². The second-order valence-electron chi connectivity index (χ2n) is 4.18. The van der Waals surface area contributed by atoms with Gasteiger partial charge in [-0.3, -0.25) is 0 Å². The van der Waals surface area contributed by atoms with Crippen LogP contribution >= 0.6 is 11.3 Å². The van der Waals surface area contributed by atoms with E-state index in [0.717, 1.165) is 15.3 Å². The lowest BCUT2D eigenvalue weighted by molar-refractivity contribution is 0.265. The summed E-state index contributed by atoms with van der Waals surface area (Å²) in [6.45, 7) is 2.30. The first-order chi connectivity index (χ1) is 9.24. The Labute approximate surface area is 114 Å². The summed E-state index contributed by atoms with van der Waals surface area (Å²) in [4.78, 5) is 5.19. The van der Waals surface area contributed by atoms with Crippen molar-refractivity contribution in [3.05, 3.63) is 40.3 Å². The number of ether oxygens (including phenoxy) is 1. The Morgan fingerprint density at radius 3 is 3.05 bits per heavy atom. The standard InChI is InChI=1S/C13H13N3O2S/c1-8-15-6-12(19-8)10(14)7-17-13-9-4-2-3-5-11(9)18-16-13/h2-6,10H,7,14H2,1H3. The van der Waals surface area contributed by atoms with Crippen molar-refractivity contribution in [3.63, 3.8) is 0 Å². The summed E-state index contributed by atoms with van der Waals surface area (Å²) < 4.78 is 10.8. The van der Waals surface area contributed by atoms with E-state index in [4.69, 9.17) is 15.0 Å². The molecular weight excluding hydrogens is 262 g/mol. The molecule has 0 spiro atoms. The van der Waals surface area contributed by atoms with Crippen LogP contribution in [-0.2, 0) is 0 Å². The van der Waals surface area contributed by atoms with Gasteiger partial charge in [0.1, 0.15) is 6.61 Å². The van der Waals surface area contributed by atoms with Gasteiger partial charge in [-0.05, 0) is 24.2 Å². The molecule has 0 saturated carbocycles. The fraction of sp³-hybridized carbons (Fsp3) is 0.231. The first-order valence-electron chi connectivity index (χ1n) is 5.89. The third-order valence-corrected chi connectivity index (χ3v) is 3.79. The van der Waals surface area contributed by atoms with Crippen molar-refractivity contribution >= 4 is 22.3 Å². The minimum Gasteiger partial charge on any atom is -0.473 e. The molecule has 0 radical (unpaired) electrons. The summed E-state index contributed by atoms with van der Waals surface area (Å²) in [6.07, 6.45) is 1.79. The van der Waals surface area contributed by atoms with E-state index in [-0.39, 0.29) is 6.04 Å². The van der Waals surface area contributed by atoms with Crippen LogP contribution in [0.1, 0.15) is 15.9 Å². The molecule has 0 aliphatic carbocycles. The molecule has 0 amide bonds. The van der Waals surface area contributed by atoms with E-state index in [1.807, 2.05) is 31.2 Å². The number of rotatable bonds is 4. The Kier molecular flexibility index (Phi) is 3.18. The van der Waals surface area contributed by atoms with E-state index in [0.29, 0.717) is 18.1 Å². The van der Waals surface area contributed by atoms with E-state index in [2.05, 4.69) is 10.1 Å². The normalized spacial score (nSPS) is 12.7. The Hall–Kier alpha value is -1.92. The molecule has 1 atom stereocenters. The highest BCUT2D eigenvalue weighted by molar-refractivity contribution is 7.11. The minimum absolute atomic E-state index is 0.207. The van der Waals surface area contributed by atoms with Crippen LogP contribution in [0.3, 0.4) is 0 Å². The minimum atomic E-state index is -0.207. The smallest absolute Gasteiger partial charge is 0.262 e. The third kappa shape index (κ3) is 2.45. The molecule has 2 N–H and O–H groups in total. The van der Waals surface area contributed by atoms with Crippen molar-refractivity contribution in [3.8, 4) is 5.88 Å². The highest BCUT2D eigenvalue weighted by Crippen LogP contribution is 2.25. The Balaban J connectivity index is 1.72. The monoisotopic (exact) mass is 275 g/mol. The quantitative estimate of drug-likeness (QED) is 0.792. The van der Waals surface area contributed by atoms with Gasteiger partial charge in [-0.15, -0.1) is 11.3 Å². The first kappa shape index (κ1) is 12.1. The lowest BCUT2D eigenvalue weighted by Crippen LogP contribution is -2.18. The SMILES string of the molecule is Cc1ncc(C(N)COc2noc3ccccc23)s1. The summed E-state index contributed by atoms with van der Waals surface area (Å²) >= 11 is 1.58. The molecule has 2 heterocycles. The van der Waals surface area contributed by atoms with E-state index in [9.17, 15) is 0 Å². The summed E-state index contributed by atoms with van der Waals surface area (Å²) in [5, 5.41) is 5.76. The van der Waals surface area contributed by atoms with Gasteiger partial charge in [0, 0.05) is 11.1 Å². The Morgan fingerprint density at radius 1 is 1.42 bits per heavy atom. The first-order valence-corrected chi connectivity index (χ1v) is 6.71. The maximum atomic E-state index is 6.06. The van der Waals surface area contributed by atoms with Gasteiger partial charge < -0.3 is 15.0 Å². The summed E-state index contributed by atoms with van der Waals surface area (Å²) in [5.74, 6) is 0.479. The van der Waals surface area contributed by atoms with Crippen molar-refractivity contribution in [1.29, 1.82) is 0 Å². The van der Waals surface area contributed by atoms with Crippen LogP contribution in [0.2, 0.25) is 0 Å². The molecule has 5 nitrogen and oxygen atoms in total. The van der Waals surface area contributed by atoms with Crippen LogP contribution in [0, 0.1) is 6.92 Å². The molecule has 3 aromatic rings. The molecule has 0 aliphatic rings. The molecule has 3 rings (SSSR count). The molecule has 1 aromatic carbocycles. The third-order valence-electron chi connectivity index (χ3n) is 2.75. The number of hydrogen-bond acceptors (Lipinski definition) is 6. The van der Waals surface area contributed by atoms with E-state index < -0.39 is 0 Å². The molecule has 0 saturated heterocycles. The number of hydrogen-bond donors (Lipinski definition) is 1. The van der Waals surface area contributed by atoms with Crippen LogP contribution in [0.25, 0.3) is 11.0 Å². The maximum Gasteiger partial charge on any atom is 0.262 e. The molecule has 0 fully saturated rings. The number of nitrogens with zero attached hydrogens (tertiary/aromatic N) is 2. The van der Waals surface area contributed by atoms with Gasteiger partial charge in [0.05, 0.1) is 16.4 Å². The summed E-state index contributed by atoms with van der Waals surface area (Å²) in [5.41, 5.74) is 6.76. The number of aromatic nitrogens is 2. The highest BCUT2D eigenvalue weighted by Gasteiger charge is 2.13. The molecule has 98 valence electrons. The average Bonchev–Trinajstić information content (AvgIpc) is 3.02. The van der Waals surface area contributed by atoms with Gasteiger partial charge in [0.15, 0.2) is 5.58 Å². The van der Waals surface area contributed by atoms with Crippen LogP contribution in [0.4, 0.5) is 0 Å². The van der Waals surface area contributed by atoms with Gasteiger partial charge >= 0.3 is 0 Å². The van der Waals surface area contributed by atoms with Crippen molar-refractivity contribution in [2.24, 2.45) is 5.73 Å². The second-order valence-corrected chi connectivity index (χ2v) is 5.45. The summed E-state index contributed by atoms with van der Waals surface area (Å²) in [7, 11) is 0. The van der Waals surface area contributed by atoms with E-state index in [1.54, 1.807) is 17.5 Å². The molecular formula is C13H13N3O2S. The van der Waals surface area contributed by atoms with E-state index >= 15 is 0 Å². The highest BCUT2D eigenvalue weighted by atomic mass is 32.1. The van der Waals surface area contributed by atoms with Crippen LogP contribution in [-0.4, -0.2) is 16.7 Å². The maximum absolute atomic E-state index is 6.06. The number of aryl methyl sites for hydroxylation is 1. The van der Waals surface area contributed by atoms with Crippen LogP contribution < -0.4 is 10.5 Å². The average molecular weight is 275 g/mol. The molecule has 0 aliphatic heterocycles. The zero-order valence-corrected chi connectivity index (χ0v) is 11.2. The van der Waals surface area contributed by atoms with E-state index in [1.165, 1.54) is 0 Å². The largest absolute Gasteiger partial charge is 0.473 e. The summed E-state index contributed by atoms with van der Waals surface area (Å²) in [6, 6.07) is 7.36. The zero-order valence-electron chi connectivity index (χ0n) is 10.4.